The highest BCUT2D eigenvalue weighted by Crippen LogP contribution is 2.11. The monoisotopic (exact) mass is 230 g/mol. The number of benzene rings is 1. The first-order valence-corrected chi connectivity index (χ1v) is 5.91. The van der Waals surface area contributed by atoms with Crippen molar-refractivity contribution in [1.29, 1.82) is 5.26 Å². The van der Waals surface area contributed by atoms with E-state index in [2.05, 4.69) is 6.07 Å². The van der Waals surface area contributed by atoms with Crippen LogP contribution in [0.2, 0.25) is 0 Å². The molecule has 1 rings (SSSR count). The highest BCUT2D eigenvalue weighted by molar-refractivity contribution is 5.94. The summed E-state index contributed by atoms with van der Waals surface area (Å²) in [6.07, 6.45) is 0.932. The van der Waals surface area contributed by atoms with Gasteiger partial charge in [0.15, 0.2) is 0 Å². The van der Waals surface area contributed by atoms with Gasteiger partial charge < -0.3 is 4.90 Å². The van der Waals surface area contributed by atoms with Crippen LogP contribution in [0.15, 0.2) is 24.3 Å². The number of carbonyl (C=O) groups is 1. The molecule has 17 heavy (non-hydrogen) atoms. The van der Waals surface area contributed by atoms with Crippen molar-refractivity contribution in [1.82, 2.24) is 4.90 Å². The minimum atomic E-state index is -0.000972. The topological polar surface area (TPSA) is 44.1 Å². The third kappa shape index (κ3) is 3.32. The quantitative estimate of drug-likeness (QED) is 0.798. The van der Waals surface area contributed by atoms with E-state index in [9.17, 15) is 4.79 Å². The number of carbonyl (C=O) groups excluding carboxylic acids is 1. The van der Waals surface area contributed by atoms with Gasteiger partial charge in [0.2, 0.25) is 0 Å². The maximum atomic E-state index is 12.3. The third-order valence-corrected chi connectivity index (χ3v) is 2.59. The molecule has 0 heterocycles. The summed E-state index contributed by atoms with van der Waals surface area (Å²) in [7, 11) is 0. The lowest BCUT2D eigenvalue weighted by molar-refractivity contribution is 0.0706. The van der Waals surface area contributed by atoms with Gasteiger partial charge >= 0.3 is 0 Å². The molecule has 0 aliphatic carbocycles. The zero-order chi connectivity index (χ0) is 12.8. The Bertz CT molecular complexity index is 432. The maximum Gasteiger partial charge on any atom is 0.254 e. The van der Waals surface area contributed by atoms with Crippen LogP contribution in [0.5, 0.6) is 0 Å². The van der Waals surface area contributed by atoms with Gasteiger partial charge in [0, 0.05) is 18.2 Å². The van der Waals surface area contributed by atoms with E-state index in [1.165, 1.54) is 0 Å². The van der Waals surface area contributed by atoms with Crippen molar-refractivity contribution in [3.8, 4) is 6.07 Å². The van der Waals surface area contributed by atoms with Gasteiger partial charge in [-0.15, -0.1) is 0 Å². The molecular weight excluding hydrogens is 212 g/mol. The fraction of sp³-hybridized carbons (Fsp3) is 0.429. The van der Waals surface area contributed by atoms with Crippen molar-refractivity contribution in [2.75, 3.05) is 6.54 Å². The Morgan fingerprint density at radius 2 is 2.18 bits per heavy atom. The Balaban J connectivity index is 2.97. The molecule has 1 aromatic rings. The summed E-state index contributed by atoms with van der Waals surface area (Å²) in [5, 5.41) is 8.82. The summed E-state index contributed by atoms with van der Waals surface area (Å²) in [6, 6.07) is 9.08. The second-order valence-electron chi connectivity index (χ2n) is 4.28. The van der Waals surface area contributed by atoms with E-state index in [0.29, 0.717) is 11.1 Å². The van der Waals surface area contributed by atoms with Gasteiger partial charge in [-0.3, -0.25) is 4.79 Å². The predicted molar refractivity (Wildman–Crippen MR) is 67.6 cm³/mol. The Hall–Kier alpha value is -1.82. The van der Waals surface area contributed by atoms with Crippen molar-refractivity contribution in [3.05, 3.63) is 35.4 Å². The number of amides is 1. The maximum absolute atomic E-state index is 12.3. The minimum Gasteiger partial charge on any atom is -0.336 e. The predicted octanol–water partition coefficient (Wildman–Crippen LogP) is 2.82. The van der Waals surface area contributed by atoms with Crippen LogP contribution in [0.4, 0.5) is 0 Å². The lowest BCUT2D eigenvalue weighted by Crippen LogP contribution is -2.37. The van der Waals surface area contributed by atoms with Crippen LogP contribution in [0.1, 0.15) is 43.1 Å². The molecule has 0 saturated carbocycles. The van der Waals surface area contributed by atoms with Crippen LogP contribution in [0.25, 0.3) is 0 Å². The van der Waals surface area contributed by atoms with Crippen molar-refractivity contribution in [2.45, 2.75) is 33.2 Å². The first-order chi connectivity index (χ1) is 8.10. The van der Waals surface area contributed by atoms with E-state index in [0.717, 1.165) is 13.0 Å². The SMILES string of the molecule is CCCN(C(=O)c1cccc(C#N)c1)C(C)C. The first kappa shape index (κ1) is 13.2. The van der Waals surface area contributed by atoms with E-state index >= 15 is 0 Å². The average molecular weight is 230 g/mol. The van der Waals surface area contributed by atoms with Gasteiger partial charge in [-0.2, -0.15) is 5.26 Å². The van der Waals surface area contributed by atoms with Crippen molar-refractivity contribution >= 4 is 5.91 Å². The number of hydrogen-bond acceptors (Lipinski definition) is 2. The van der Waals surface area contributed by atoms with Gasteiger partial charge in [-0.05, 0) is 38.5 Å². The van der Waals surface area contributed by atoms with E-state index in [1.807, 2.05) is 25.7 Å². The van der Waals surface area contributed by atoms with Crippen LogP contribution in [0, 0.1) is 11.3 Å². The molecule has 0 radical (unpaired) electrons. The highest BCUT2D eigenvalue weighted by Gasteiger charge is 2.17. The third-order valence-electron chi connectivity index (χ3n) is 2.59. The molecule has 1 aromatic carbocycles. The molecule has 3 nitrogen and oxygen atoms in total. The molecule has 0 N–H and O–H groups in total. The largest absolute Gasteiger partial charge is 0.336 e. The van der Waals surface area contributed by atoms with E-state index in [-0.39, 0.29) is 11.9 Å². The number of nitriles is 1. The molecule has 0 saturated heterocycles. The van der Waals surface area contributed by atoms with Crippen LogP contribution >= 0.6 is 0 Å². The van der Waals surface area contributed by atoms with Crippen molar-refractivity contribution < 1.29 is 4.79 Å². The second-order valence-corrected chi connectivity index (χ2v) is 4.28. The summed E-state index contributed by atoms with van der Waals surface area (Å²) in [4.78, 5) is 14.1. The molecular formula is C14H18N2O. The lowest BCUT2D eigenvalue weighted by Gasteiger charge is -2.26. The molecule has 0 fully saturated rings. The Morgan fingerprint density at radius 1 is 1.47 bits per heavy atom. The van der Waals surface area contributed by atoms with Crippen LogP contribution < -0.4 is 0 Å². The molecule has 90 valence electrons. The summed E-state index contributed by atoms with van der Waals surface area (Å²) >= 11 is 0. The van der Waals surface area contributed by atoms with Crippen LogP contribution in [-0.4, -0.2) is 23.4 Å². The second kappa shape index (κ2) is 6.05. The molecule has 0 aliphatic rings. The fourth-order valence-corrected chi connectivity index (χ4v) is 1.72. The lowest BCUT2D eigenvalue weighted by atomic mass is 10.1. The zero-order valence-electron chi connectivity index (χ0n) is 10.6. The zero-order valence-corrected chi connectivity index (χ0v) is 10.6. The average Bonchev–Trinajstić information content (AvgIpc) is 2.34. The van der Waals surface area contributed by atoms with Crippen molar-refractivity contribution in [2.24, 2.45) is 0 Å². The molecule has 0 unspecified atom stereocenters. The Kier molecular flexibility index (Phi) is 4.71. The van der Waals surface area contributed by atoms with Gasteiger partial charge in [0.1, 0.15) is 0 Å². The summed E-state index contributed by atoms with van der Waals surface area (Å²) < 4.78 is 0. The number of hydrogen-bond donors (Lipinski definition) is 0. The molecule has 0 aliphatic heterocycles. The molecule has 0 spiro atoms. The fourth-order valence-electron chi connectivity index (χ4n) is 1.72. The number of nitrogens with zero attached hydrogens (tertiary/aromatic N) is 2. The number of rotatable bonds is 4. The summed E-state index contributed by atoms with van der Waals surface area (Å²) in [5.41, 5.74) is 1.11. The van der Waals surface area contributed by atoms with Crippen LogP contribution in [0.3, 0.4) is 0 Å². The van der Waals surface area contributed by atoms with E-state index in [4.69, 9.17) is 5.26 Å². The molecule has 3 heteroatoms. The van der Waals surface area contributed by atoms with Crippen LogP contribution in [-0.2, 0) is 0 Å². The molecule has 0 bridgehead atoms. The summed E-state index contributed by atoms with van der Waals surface area (Å²) in [6.45, 7) is 6.80. The first-order valence-electron chi connectivity index (χ1n) is 5.91. The van der Waals surface area contributed by atoms with Gasteiger partial charge in [-0.1, -0.05) is 13.0 Å². The highest BCUT2D eigenvalue weighted by atomic mass is 16.2. The smallest absolute Gasteiger partial charge is 0.254 e. The van der Waals surface area contributed by atoms with Gasteiger partial charge in [-0.25, -0.2) is 0 Å². The van der Waals surface area contributed by atoms with Crippen molar-refractivity contribution in [3.63, 3.8) is 0 Å². The molecule has 0 aromatic heterocycles. The molecule has 0 atom stereocenters. The summed E-state index contributed by atoms with van der Waals surface area (Å²) in [5.74, 6) is -0.000972. The Morgan fingerprint density at radius 3 is 2.71 bits per heavy atom. The minimum absolute atomic E-state index is 0.000972. The normalized spacial score (nSPS) is 10.1. The van der Waals surface area contributed by atoms with E-state index < -0.39 is 0 Å². The standard InChI is InChI=1S/C14H18N2O/c1-4-8-16(11(2)3)14(17)13-7-5-6-12(9-13)10-15/h5-7,9,11H,4,8H2,1-3H3. The Labute approximate surface area is 103 Å². The van der Waals surface area contributed by atoms with Gasteiger partial charge in [0.25, 0.3) is 5.91 Å². The molecule has 1 amide bonds. The van der Waals surface area contributed by atoms with E-state index in [1.54, 1.807) is 24.3 Å². The van der Waals surface area contributed by atoms with Gasteiger partial charge in [0.05, 0.1) is 11.6 Å².